The lowest BCUT2D eigenvalue weighted by molar-refractivity contribution is 0.0525. The highest BCUT2D eigenvalue weighted by atomic mass is 16.5. The van der Waals surface area contributed by atoms with Gasteiger partial charge in [0.05, 0.1) is 23.9 Å². The molecule has 0 aliphatic carbocycles. The van der Waals surface area contributed by atoms with E-state index in [0.29, 0.717) is 0 Å². The van der Waals surface area contributed by atoms with Crippen molar-refractivity contribution in [3.05, 3.63) is 46.6 Å². The molecule has 146 valence electrons. The van der Waals surface area contributed by atoms with E-state index in [0.717, 1.165) is 4.90 Å². The summed E-state index contributed by atoms with van der Waals surface area (Å²) >= 11 is 0. The Hall–Kier alpha value is -3.49. The van der Waals surface area contributed by atoms with E-state index in [9.17, 15) is 19.2 Å². The van der Waals surface area contributed by atoms with E-state index < -0.39 is 17.8 Å². The molecule has 0 radical (unpaired) electrons. The number of nitrogens with one attached hydrogen (secondary N) is 1. The second kappa shape index (κ2) is 7.26. The fraction of sp³-hybridized carbons (Fsp3) is 0.316. The first-order chi connectivity index (χ1) is 13.3. The molecule has 9 heteroatoms. The predicted molar refractivity (Wildman–Crippen MR) is 99.2 cm³/mol. The smallest absolute Gasteiger partial charge is 0.343 e. The summed E-state index contributed by atoms with van der Waals surface area (Å²) < 4.78 is 6.30. The maximum absolute atomic E-state index is 12.7. The van der Waals surface area contributed by atoms with E-state index in [-0.39, 0.29) is 46.6 Å². The summed E-state index contributed by atoms with van der Waals surface area (Å²) in [6, 6.07) is 4.02. The normalized spacial score (nSPS) is 13.1. The molecule has 0 unspecified atom stereocenters. The van der Waals surface area contributed by atoms with Gasteiger partial charge in [0.25, 0.3) is 17.7 Å². The van der Waals surface area contributed by atoms with Gasteiger partial charge >= 0.3 is 5.97 Å². The topological polar surface area (TPSA) is 111 Å². The Morgan fingerprint density at radius 3 is 2.50 bits per heavy atom. The molecule has 1 aliphatic rings. The van der Waals surface area contributed by atoms with Crippen LogP contribution in [0.15, 0.2) is 24.4 Å². The van der Waals surface area contributed by atoms with Crippen LogP contribution in [0, 0.1) is 0 Å². The van der Waals surface area contributed by atoms with Gasteiger partial charge in [-0.15, -0.1) is 0 Å². The number of carbonyl (C=O) groups excluding carboxylic acids is 4. The van der Waals surface area contributed by atoms with Crippen molar-refractivity contribution in [3.8, 4) is 0 Å². The average molecular weight is 384 g/mol. The Morgan fingerprint density at radius 1 is 1.18 bits per heavy atom. The summed E-state index contributed by atoms with van der Waals surface area (Å²) in [6.45, 7) is 5.35. The van der Waals surface area contributed by atoms with Crippen LogP contribution >= 0.6 is 0 Å². The van der Waals surface area contributed by atoms with Crippen molar-refractivity contribution in [2.75, 3.05) is 11.9 Å². The molecule has 0 atom stereocenters. The minimum Gasteiger partial charge on any atom is -0.462 e. The van der Waals surface area contributed by atoms with Crippen molar-refractivity contribution in [2.45, 2.75) is 26.8 Å². The van der Waals surface area contributed by atoms with Crippen molar-refractivity contribution in [3.63, 3.8) is 0 Å². The molecule has 1 aromatic heterocycles. The first kappa shape index (κ1) is 19.3. The fourth-order valence-electron chi connectivity index (χ4n) is 2.99. The summed E-state index contributed by atoms with van der Waals surface area (Å²) in [5, 5.41) is 6.59. The van der Waals surface area contributed by atoms with Gasteiger partial charge in [-0.3, -0.25) is 24.0 Å². The minimum atomic E-state index is -0.604. The highest BCUT2D eigenvalue weighted by Crippen LogP contribution is 2.26. The molecule has 2 aromatic rings. The van der Waals surface area contributed by atoms with Crippen LogP contribution in [0.5, 0.6) is 0 Å². The number of fused-ring (bicyclic) bond motifs is 1. The number of rotatable bonds is 5. The zero-order valence-corrected chi connectivity index (χ0v) is 16.0. The molecule has 0 fully saturated rings. The number of amides is 3. The molecule has 0 saturated carbocycles. The van der Waals surface area contributed by atoms with E-state index in [4.69, 9.17) is 4.74 Å². The van der Waals surface area contributed by atoms with Crippen LogP contribution in [0.1, 0.15) is 62.2 Å². The van der Waals surface area contributed by atoms with Crippen molar-refractivity contribution < 1.29 is 23.9 Å². The van der Waals surface area contributed by atoms with Crippen LogP contribution < -0.4 is 5.32 Å². The minimum absolute atomic E-state index is 0.121. The standard InChI is InChI=1S/C19H20N4O5/c1-5-28-19(27)14-9-20-22(4)15(14)21-16(24)11-6-7-12-13(8-11)18(26)23(10(2)3)17(12)25/h6-10H,5H2,1-4H3,(H,21,24). The quantitative estimate of drug-likeness (QED) is 0.622. The van der Waals surface area contributed by atoms with Crippen LogP contribution in [-0.2, 0) is 11.8 Å². The second-order valence-electron chi connectivity index (χ2n) is 6.54. The van der Waals surface area contributed by atoms with Gasteiger partial charge in [0, 0.05) is 18.7 Å². The highest BCUT2D eigenvalue weighted by molar-refractivity contribution is 6.22. The van der Waals surface area contributed by atoms with Crippen molar-refractivity contribution in [1.29, 1.82) is 0 Å². The van der Waals surface area contributed by atoms with Gasteiger partial charge in [-0.25, -0.2) is 4.79 Å². The Balaban J connectivity index is 1.89. The fourth-order valence-corrected chi connectivity index (χ4v) is 2.99. The summed E-state index contributed by atoms with van der Waals surface area (Å²) in [5.41, 5.74) is 0.752. The number of aromatic nitrogens is 2. The van der Waals surface area contributed by atoms with E-state index in [1.165, 1.54) is 29.1 Å². The number of hydrogen-bond acceptors (Lipinski definition) is 6. The highest BCUT2D eigenvalue weighted by Gasteiger charge is 2.37. The van der Waals surface area contributed by atoms with Gasteiger partial charge in [0.2, 0.25) is 0 Å². The summed E-state index contributed by atoms with van der Waals surface area (Å²) in [7, 11) is 1.57. The molecule has 0 saturated heterocycles. The van der Waals surface area contributed by atoms with Gasteiger partial charge < -0.3 is 10.1 Å². The summed E-state index contributed by atoms with van der Waals surface area (Å²) in [6.07, 6.45) is 1.30. The number of esters is 1. The first-order valence-corrected chi connectivity index (χ1v) is 8.78. The molecule has 3 rings (SSSR count). The Morgan fingerprint density at radius 2 is 1.86 bits per heavy atom. The number of benzene rings is 1. The third-order valence-electron chi connectivity index (χ3n) is 4.36. The molecule has 1 aromatic carbocycles. The summed E-state index contributed by atoms with van der Waals surface area (Å²) in [5.74, 6) is -1.78. The molecule has 2 heterocycles. The molecular weight excluding hydrogens is 364 g/mol. The van der Waals surface area contributed by atoms with Crippen LogP contribution in [0.3, 0.4) is 0 Å². The van der Waals surface area contributed by atoms with Gasteiger partial charge in [-0.1, -0.05) is 0 Å². The van der Waals surface area contributed by atoms with Crippen LogP contribution in [0.2, 0.25) is 0 Å². The van der Waals surface area contributed by atoms with Gasteiger partial charge in [-0.05, 0) is 39.0 Å². The maximum atomic E-state index is 12.7. The Kier molecular flexibility index (Phi) is 5.00. The van der Waals surface area contributed by atoms with E-state index in [1.54, 1.807) is 27.8 Å². The monoisotopic (exact) mass is 384 g/mol. The lowest BCUT2D eigenvalue weighted by Gasteiger charge is -2.17. The molecule has 28 heavy (non-hydrogen) atoms. The van der Waals surface area contributed by atoms with Crippen molar-refractivity contribution in [2.24, 2.45) is 7.05 Å². The van der Waals surface area contributed by atoms with Gasteiger partial charge in [0.1, 0.15) is 11.4 Å². The molecule has 0 spiro atoms. The third-order valence-corrected chi connectivity index (χ3v) is 4.36. The number of carbonyl (C=O) groups is 4. The zero-order chi connectivity index (χ0) is 20.6. The number of hydrogen-bond donors (Lipinski definition) is 1. The molecule has 1 aliphatic heterocycles. The maximum Gasteiger partial charge on any atom is 0.343 e. The largest absolute Gasteiger partial charge is 0.462 e. The third kappa shape index (κ3) is 3.15. The van der Waals surface area contributed by atoms with Crippen LogP contribution in [-0.4, -0.2) is 51.0 Å². The zero-order valence-electron chi connectivity index (χ0n) is 16.0. The predicted octanol–water partition coefficient (Wildman–Crippen LogP) is 1.85. The Bertz CT molecular complexity index is 992. The van der Waals surface area contributed by atoms with Gasteiger partial charge in [-0.2, -0.15) is 5.10 Å². The van der Waals surface area contributed by atoms with Crippen molar-refractivity contribution >= 4 is 29.5 Å². The molecule has 3 amide bonds. The first-order valence-electron chi connectivity index (χ1n) is 8.78. The number of ether oxygens (including phenoxy) is 1. The summed E-state index contributed by atoms with van der Waals surface area (Å²) in [4.78, 5) is 50.7. The lowest BCUT2D eigenvalue weighted by Crippen LogP contribution is -2.35. The molecule has 0 bridgehead atoms. The number of aryl methyl sites for hydroxylation is 1. The van der Waals surface area contributed by atoms with Crippen molar-refractivity contribution in [1.82, 2.24) is 14.7 Å². The molecular formula is C19H20N4O5. The van der Waals surface area contributed by atoms with Crippen LogP contribution in [0.25, 0.3) is 0 Å². The SMILES string of the molecule is CCOC(=O)c1cnn(C)c1NC(=O)c1ccc2c(c1)C(=O)N(C(C)C)C2=O. The molecule has 1 N–H and O–H groups in total. The van der Waals surface area contributed by atoms with Crippen LogP contribution in [0.4, 0.5) is 5.82 Å². The molecule has 9 nitrogen and oxygen atoms in total. The average Bonchev–Trinajstić information content (AvgIpc) is 3.13. The lowest BCUT2D eigenvalue weighted by atomic mass is 10.1. The number of anilines is 1. The van der Waals surface area contributed by atoms with E-state index in [1.807, 2.05) is 0 Å². The second-order valence-corrected chi connectivity index (χ2v) is 6.54. The van der Waals surface area contributed by atoms with E-state index >= 15 is 0 Å². The number of nitrogens with zero attached hydrogens (tertiary/aromatic N) is 3. The van der Waals surface area contributed by atoms with E-state index in [2.05, 4.69) is 10.4 Å². The van der Waals surface area contributed by atoms with Gasteiger partial charge in [0.15, 0.2) is 0 Å². The number of imide groups is 1. The Labute approximate surface area is 161 Å².